The van der Waals surface area contributed by atoms with Crippen LogP contribution in [0.3, 0.4) is 0 Å². The van der Waals surface area contributed by atoms with Crippen LogP contribution in [0.4, 0.5) is 0 Å². The molecule has 8 heteroatoms. The lowest BCUT2D eigenvalue weighted by molar-refractivity contribution is -0.134. The summed E-state index contributed by atoms with van der Waals surface area (Å²) in [6.07, 6.45) is 7.12. The van der Waals surface area contributed by atoms with Gasteiger partial charge < -0.3 is 14.2 Å². The molecule has 0 radical (unpaired) electrons. The summed E-state index contributed by atoms with van der Waals surface area (Å²) in [4.78, 5) is 26.4. The summed E-state index contributed by atoms with van der Waals surface area (Å²) < 4.78 is 11.1. The number of rotatable bonds is 6. The third-order valence-corrected chi connectivity index (χ3v) is 4.08. The van der Waals surface area contributed by atoms with Crippen LogP contribution in [-0.2, 0) is 16.1 Å². The average molecular weight is 345 g/mol. The van der Waals surface area contributed by atoms with Crippen molar-refractivity contribution in [3.05, 3.63) is 24.5 Å². The van der Waals surface area contributed by atoms with Crippen molar-refractivity contribution in [3.8, 4) is 11.5 Å². The minimum Gasteiger partial charge on any atom is -0.368 e. The molecule has 3 heterocycles. The van der Waals surface area contributed by atoms with Crippen LogP contribution >= 0.6 is 0 Å². The van der Waals surface area contributed by atoms with Crippen LogP contribution in [-0.4, -0.2) is 50.1 Å². The summed E-state index contributed by atoms with van der Waals surface area (Å²) in [5.74, 6) is 1.45. The van der Waals surface area contributed by atoms with Gasteiger partial charge in [0.2, 0.25) is 11.7 Å². The molecule has 8 nitrogen and oxygen atoms in total. The van der Waals surface area contributed by atoms with Crippen molar-refractivity contribution in [2.75, 3.05) is 13.1 Å². The molecule has 0 spiro atoms. The van der Waals surface area contributed by atoms with E-state index in [9.17, 15) is 4.79 Å². The van der Waals surface area contributed by atoms with Gasteiger partial charge in [0.1, 0.15) is 12.3 Å². The minimum atomic E-state index is 0.106. The van der Waals surface area contributed by atoms with Gasteiger partial charge in [-0.25, -0.2) is 4.98 Å². The first-order valence-electron chi connectivity index (χ1n) is 8.60. The molecule has 1 aliphatic rings. The SMILES string of the molecule is CC(C)CC(=O)N1CCC(OCc2nc(-c3cnccn3)no2)CC1. The molecular weight excluding hydrogens is 322 g/mol. The Morgan fingerprint density at radius 2 is 2.16 bits per heavy atom. The second-order valence-corrected chi connectivity index (χ2v) is 6.59. The highest BCUT2D eigenvalue weighted by Gasteiger charge is 2.24. The predicted octanol–water partition coefficient (Wildman–Crippen LogP) is 2.08. The van der Waals surface area contributed by atoms with Gasteiger partial charge in [-0.3, -0.25) is 9.78 Å². The van der Waals surface area contributed by atoms with Gasteiger partial charge in [-0.1, -0.05) is 19.0 Å². The van der Waals surface area contributed by atoms with Gasteiger partial charge in [-0.2, -0.15) is 4.98 Å². The van der Waals surface area contributed by atoms with Crippen molar-refractivity contribution in [1.82, 2.24) is 25.0 Å². The fourth-order valence-corrected chi connectivity index (χ4v) is 2.77. The zero-order valence-electron chi connectivity index (χ0n) is 14.6. The van der Waals surface area contributed by atoms with Gasteiger partial charge in [0, 0.05) is 31.9 Å². The second kappa shape index (κ2) is 8.15. The number of carbonyl (C=O) groups is 1. The van der Waals surface area contributed by atoms with E-state index in [1.807, 2.05) is 4.90 Å². The summed E-state index contributed by atoms with van der Waals surface area (Å²) in [5.41, 5.74) is 0.564. The zero-order chi connectivity index (χ0) is 17.6. The minimum absolute atomic E-state index is 0.106. The number of nitrogens with zero attached hydrogens (tertiary/aromatic N) is 5. The number of aromatic nitrogens is 4. The van der Waals surface area contributed by atoms with Gasteiger partial charge in [0.05, 0.1) is 12.3 Å². The Balaban J connectivity index is 1.45. The zero-order valence-corrected chi connectivity index (χ0v) is 14.6. The van der Waals surface area contributed by atoms with E-state index in [2.05, 4.69) is 34.0 Å². The quantitative estimate of drug-likeness (QED) is 0.791. The number of ether oxygens (including phenoxy) is 1. The summed E-state index contributed by atoms with van der Waals surface area (Å²) in [5, 5.41) is 3.89. The van der Waals surface area contributed by atoms with Gasteiger partial charge in [0.25, 0.3) is 5.89 Å². The number of amides is 1. The number of hydrogen-bond acceptors (Lipinski definition) is 7. The fraction of sp³-hybridized carbons (Fsp3) is 0.588. The lowest BCUT2D eigenvalue weighted by Gasteiger charge is -2.32. The van der Waals surface area contributed by atoms with Gasteiger partial charge in [-0.05, 0) is 18.8 Å². The lowest BCUT2D eigenvalue weighted by atomic mass is 10.1. The Bertz CT molecular complexity index is 681. The molecule has 0 atom stereocenters. The molecule has 0 bridgehead atoms. The molecule has 0 aromatic carbocycles. The Hall–Kier alpha value is -2.35. The molecule has 0 saturated carbocycles. The van der Waals surface area contributed by atoms with Crippen LogP contribution in [0.1, 0.15) is 39.0 Å². The first kappa shape index (κ1) is 17.5. The molecular formula is C17H23N5O3. The van der Waals surface area contributed by atoms with Crippen molar-refractivity contribution in [1.29, 1.82) is 0 Å². The summed E-state index contributed by atoms with van der Waals surface area (Å²) in [7, 11) is 0. The molecule has 1 saturated heterocycles. The summed E-state index contributed by atoms with van der Waals surface area (Å²) in [6, 6.07) is 0. The standard InChI is InChI=1S/C17H23N5O3/c1-12(2)9-16(23)22-7-3-13(4-8-22)24-11-15-20-17(21-25-15)14-10-18-5-6-19-14/h5-6,10,12-13H,3-4,7-9,11H2,1-2H3. The maximum atomic E-state index is 12.1. The van der Waals surface area contributed by atoms with Crippen molar-refractivity contribution in [2.24, 2.45) is 5.92 Å². The molecule has 1 aliphatic heterocycles. The lowest BCUT2D eigenvalue weighted by Crippen LogP contribution is -2.41. The van der Waals surface area contributed by atoms with E-state index >= 15 is 0 Å². The molecule has 25 heavy (non-hydrogen) atoms. The molecule has 1 amide bonds. The van der Waals surface area contributed by atoms with Crippen LogP contribution < -0.4 is 0 Å². The fourth-order valence-electron chi connectivity index (χ4n) is 2.77. The van der Waals surface area contributed by atoms with Crippen molar-refractivity contribution in [3.63, 3.8) is 0 Å². The normalized spacial score (nSPS) is 15.7. The van der Waals surface area contributed by atoms with E-state index in [1.165, 1.54) is 0 Å². The molecule has 1 fully saturated rings. The first-order chi connectivity index (χ1) is 12.1. The van der Waals surface area contributed by atoms with E-state index in [0.29, 0.717) is 29.7 Å². The van der Waals surface area contributed by atoms with Crippen LogP contribution in [0.2, 0.25) is 0 Å². The van der Waals surface area contributed by atoms with Gasteiger partial charge in [-0.15, -0.1) is 0 Å². The highest BCUT2D eigenvalue weighted by atomic mass is 16.5. The monoisotopic (exact) mass is 345 g/mol. The number of piperidine rings is 1. The van der Waals surface area contributed by atoms with Crippen molar-refractivity contribution >= 4 is 5.91 Å². The second-order valence-electron chi connectivity index (χ2n) is 6.59. The Morgan fingerprint density at radius 1 is 1.36 bits per heavy atom. The van der Waals surface area contributed by atoms with E-state index < -0.39 is 0 Å². The van der Waals surface area contributed by atoms with E-state index in [-0.39, 0.29) is 18.6 Å². The number of carbonyl (C=O) groups excluding carboxylic acids is 1. The summed E-state index contributed by atoms with van der Waals surface area (Å²) in [6.45, 7) is 5.87. The first-order valence-corrected chi connectivity index (χ1v) is 8.60. The Kier molecular flexibility index (Phi) is 5.70. The maximum Gasteiger partial charge on any atom is 0.253 e. The van der Waals surface area contributed by atoms with Crippen LogP contribution in [0.15, 0.2) is 23.1 Å². The molecule has 0 N–H and O–H groups in total. The Labute approximate surface area is 146 Å². The van der Waals surface area contributed by atoms with Crippen LogP contribution in [0.5, 0.6) is 0 Å². The van der Waals surface area contributed by atoms with Crippen LogP contribution in [0.25, 0.3) is 11.5 Å². The highest BCUT2D eigenvalue weighted by Crippen LogP contribution is 2.18. The molecule has 2 aromatic heterocycles. The topological polar surface area (TPSA) is 94.2 Å². The van der Waals surface area contributed by atoms with E-state index in [0.717, 1.165) is 25.9 Å². The third kappa shape index (κ3) is 4.82. The van der Waals surface area contributed by atoms with E-state index in [1.54, 1.807) is 18.6 Å². The molecule has 0 aliphatic carbocycles. The highest BCUT2D eigenvalue weighted by molar-refractivity contribution is 5.76. The predicted molar refractivity (Wildman–Crippen MR) is 89.2 cm³/mol. The molecule has 3 rings (SSSR count). The van der Waals surface area contributed by atoms with Gasteiger partial charge >= 0.3 is 0 Å². The number of hydrogen-bond donors (Lipinski definition) is 0. The average Bonchev–Trinajstić information content (AvgIpc) is 3.10. The molecule has 134 valence electrons. The van der Waals surface area contributed by atoms with Crippen molar-refractivity contribution < 1.29 is 14.1 Å². The maximum absolute atomic E-state index is 12.1. The van der Waals surface area contributed by atoms with E-state index in [4.69, 9.17) is 9.26 Å². The third-order valence-electron chi connectivity index (χ3n) is 4.08. The largest absolute Gasteiger partial charge is 0.368 e. The summed E-state index contributed by atoms with van der Waals surface area (Å²) >= 11 is 0. The molecule has 0 unspecified atom stereocenters. The number of likely N-dealkylation sites (tertiary alicyclic amines) is 1. The van der Waals surface area contributed by atoms with Crippen molar-refractivity contribution in [2.45, 2.75) is 45.8 Å². The smallest absolute Gasteiger partial charge is 0.253 e. The van der Waals surface area contributed by atoms with Crippen LogP contribution in [0, 0.1) is 5.92 Å². The molecule has 2 aromatic rings. The van der Waals surface area contributed by atoms with Gasteiger partial charge in [0.15, 0.2) is 0 Å². The Morgan fingerprint density at radius 3 is 2.84 bits per heavy atom.